The average molecular weight is 199 g/mol. The number of hydrogen-bond acceptors (Lipinski definition) is 4. The molecule has 0 spiro atoms. The number of Topliss-reactive ketones (excluding diaryl/α,β-unsaturated/α-hetero) is 1. The molecule has 0 aromatic heterocycles. The van der Waals surface area contributed by atoms with Crippen LogP contribution in [-0.2, 0) is 9.53 Å². The van der Waals surface area contributed by atoms with Crippen LogP contribution in [-0.4, -0.2) is 54.2 Å². The first-order valence-corrected chi connectivity index (χ1v) is 5.27. The molecule has 2 aliphatic rings. The van der Waals surface area contributed by atoms with Crippen molar-refractivity contribution in [1.82, 2.24) is 4.90 Å². The van der Waals surface area contributed by atoms with Crippen LogP contribution in [0.15, 0.2) is 0 Å². The van der Waals surface area contributed by atoms with Crippen molar-refractivity contribution in [3.05, 3.63) is 0 Å². The summed E-state index contributed by atoms with van der Waals surface area (Å²) in [6.45, 7) is 2.30. The van der Waals surface area contributed by atoms with Crippen molar-refractivity contribution < 1.29 is 14.6 Å². The van der Waals surface area contributed by atoms with Crippen molar-refractivity contribution in [2.45, 2.75) is 31.3 Å². The molecule has 0 aromatic rings. The quantitative estimate of drug-likeness (QED) is 0.669. The Hall–Kier alpha value is -0.450. The highest BCUT2D eigenvalue weighted by molar-refractivity contribution is 5.81. The molecule has 2 rings (SSSR count). The van der Waals surface area contributed by atoms with Crippen LogP contribution in [0.3, 0.4) is 0 Å². The van der Waals surface area contributed by atoms with E-state index in [0.717, 1.165) is 19.6 Å². The predicted octanol–water partition coefficient (Wildman–Crippen LogP) is -0.199. The predicted molar refractivity (Wildman–Crippen MR) is 51.0 cm³/mol. The van der Waals surface area contributed by atoms with Gasteiger partial charge in [-0.3, -0.25) is 9.69 Å². The Morgan fingerprint density at radius 1 is 1.57 bits per heavy atom. The van der Waals surface area contributed by atoms with Crippen molar-refractivity contribution in [2.75, 3.05) is 26.4 Å². The number of ether oxygens (including phenoxy) is 1. The van der Waals surface area contributed by atoms with Gasteiger partial charge in [0.05, 0.1) is 25.9 Å². The Labute approximate surface area is 83.8 Å². The maximum Gasteiger partial charge on any atom is 0.134 e. The lowest BCUT2D eigenvalue weighted by Gasteiger charge is -2.38. The first kappa shape index (κ1) is 10.1. The standard InChI is InChI=1S/C10H17NO3/c12-6-9-7-14-4-3-11(9)8-1-2-10(13)5-8/h8-9,12H,1-7H2. The molecule has 1 aliphatic heterocycles. The van der Waals surface area contributed by atoms with E-state index in [-0.39, 0.29) is 12.6 Å². The number of hydrogen-bond donors (Lipinski definition) is 1. The summed E-state index contributed by atoms with van der Waals surface area (Å²) in [5.41, 5.74) is 0. The van der Waals surface area contributed by atoms with Gasteiger partial charge in [-0.25, -0.2) is 0 Å². The molecule has 0 amide bonds. The first-order valence-electron chi connectivity index (χ1n) is 5.27. The van der Waals surface area contributed by atoms with Crippen LogP contribution in [0, 0.1) is 0 Å². The molecule has 1 N–H and O–H groups in total. The van der Waals surface area contributed by atoms with Gasteiger partial charge < -0.3 is 9.84 Å². The molecule has 1 aliphatic carbocycles. The number of carbonyl (C=O) groups is 1. The lowest BCUT2D eigenvalue weighted by molar-refractivity contribution is -0.118. The van der Waals surface area contributed by atoms with Crippen LogP contribution in [0.2, 0.25) is 0 Å². The maximum absolute atomic E-state index is 11.2. The summed E-state index contributed by atoms with van der Waals surface area (Å²) < 4.78 is 5.30. The number of nitrogens with zero attached hydrogens (tertiary/aromatic N) is 1. The van der Waals surface area contributed by atoms with Gasteiger partial charge in [-0.15, -0.1) is 0 Å². The largest absolute Gasteiger partial charge is 0.395 e. The summed E-state index contributed by atoms with van der Waals surface area (Å²) in [5.74, 6) is 0.359. The number of aliphatic hydroxyl groups excluding tert-OH is 1. The highest BCUT2D eigenvalue weighted by atomic mass is 16.5. The normalized spacial score (nSPS) is 35.1. The lowest BCUT2D eigenvalue weighted by atomic mass is 10.1. The minimum atomic E-state index is 0.0969. The van der Waals surface area contributed by atoms with E-state index in [1.54, 1.807) is 0 Å². The van der Waals surface area contributed by atoms with Gasteiger partial charge in [-0.1, -0.05) is 0 Å². The molecule has 0 radical (unpaired) electrons. The topological polar surface area (TPSA) is 49.8 Å². The van der Waals surface area contributed by atoms with Gasteiger partial charge in [0.1, 0.15) is 5.78 Å². The Kier molecular flexibility index (Phi) is 3.15. The fraction of sp³-hybridized carbons (Fsp3) is 0.900. The molecule has 4 heteroatoms. The van der Waals surface area contributed by atoms with Crippen LogP contribution < -0.4 is 0 Å². The van der Waals surface area contributed by atoms with E-state index in [2.05, 4.69) is 4.90 Å². The molecule has 0 aromatic carbocycles. The molecule has 4 nitrogen and oxygen atoms in total. The van der Waals surface area contributed by atoms with Crippen molar-refractivity contribution >= 4 is 5.78 Å². The first-order chi connectivity index (χ1) is 6.81. The summed E-state index contributed by atoms with van der Waals surface area (Å²) in [7, 11) is 0. The van der Waals surface area contributed by atoms with Gasteiger partial charge in [0.25, 0.3) is 0 Å². The molecule has 1 heterocycles. The Morgan fingerprint density at radius 2 is 2.43 bits per heavy atom. The van der Waals surface area contributed by atoms with Crippen molar-refractivity contribution in [1.29, 1.82) is 0 Å². The summed E-state index contributed by atoms with van der Waals surface area (Å²) in [4.78, 5) is 13.4. The highest BCUT2D eigenvalue weighted by Crippen LogP contribution is 2.24. The van der Waals surface area contributed by atoms with Crippen LogP contribution in [0.1, 0.15) is 19.3 Å². The zero-order valence-electron chi connectivity index (χ0n) is 8.32. The van der Waals surface area contributed by atoms with E-state index in [9.17, 15) is 9.90 Å². The lowest BCUT2D eigenvalue weighted by Crippen LogP contribution is -2.51. The zero-order valence-corrected chi connectivity index (χ0v) is 8.32. The molecule has 80 valence electrons. The number of morpholine rings is 1. The van der Waals surface area contributed by atoms with E-state index in [1.807, 2.05) is 0 Å². The summed E-state index contributed by atoms with van der Waals surface area (Å²) in [5, 5.41) is 9.18. The molecule has 0 bridgehead atoms. The fourth-order valence-electron chi connectivity index (χ4n) is 2.38. The van der Waals surface area contributed by atoms with E-state index >= 15 is 0 Å². The third kappa shape index (κ3) is 1.97. The molecular formula is C10H17NO3. The van der Waals surface area contributed by atoms with Crippen LogP contribution >= 0.6 is 0 Å². The van der Waals surface area contributed by atoms with Crippen molar-refractivity contribution in [2.24, 2.45) is 0 Å². The number of carbonyl (C=O) groups excluding carboxylic acids is 1. The number of aliphatic hydroxyl groups is 1. The zero-order chi connectivity index (χ0) is 9.97. The van der Waals surface area contributed by atoms with Gasteiger partial charge in [0.15, 0.2) is 0 Å². The van der Waals surface area contributed by atoms with Gasteiger partial charge in [-0.05, 0) is 6.42 Å². The molecule has 1 saturated heterocycles. The molecule has 2 fully saturated rings. The maximum atomic E-state index is 11.2. The van der Waals surface area contributed by atoms with Crippen LogP contribution in [0.5, 0.6) is 0 Å². The minimum absolute atomic E-state index is 0.0969. The van der Waals surface area contributed by atoms with Gasteiger partial charge >= 0.3 is 0 Å². The Balaban J connectivity index is 1.96. The van der Waals surface area contributed by atoms with E-state index in [4.69, 9.17) is 4.74 Å². The smallest absolute Gasteiger partial charge is 0.134 e. The third-order valence-electron chi connectivity index (χ3n) is 3.17. The molecule has 14 heavy (non-hydrogen) atoms. The van der Waals surface area contributed by atoms with E-state index in [1.165, 1.54) is 0 Å². The van der Waals surface area contributed by atoms with Gasteiger partial charge in [-0.2, -0.15) is 0 Å². The minimum Gasteiger partial charge on any atom is -0.395 e. The summed E-state index contributed by atoms with van der Waals surface area (Å²) in [6, 6.07) is 0.447. The molecule has 1 saturated carbocycles. The van der Waals surface area contributed by atoms with E-state index in [0.29, 0.717) is 31.3 Å². The molecular weight excluding hydrogens is 182 g/mol. The second-order valence-corrected chi connectivity index (χ2v) is 4.08. The SMILES string of the molecule is O=C1CCC(N2CCOCC2CO)C1. The second-order valence-electron chi connectivity index (χ2n) is 4.08. The Morgan fingerprint density at radius 3 is 3.07 bits per heavy atom. The van der Waals surface area contributed by atoms with Crippen molar-refractivity contribution in [3.63, 3.8) is 0 Å². The summed E-state index contributed by atoms with van der Waals surface area (Å²) >= 11 is 0. The van der Waals surface area contributed by atoms with Crippen LogP contribution in [0.25, 0.3) is 0 Å². The second kappa shape index (κ2) is 4.38. The Bertz CT molecular complexity index is 219. The van der Waals surface area contributed by atoms with Crippen molar-refractivity contribution in [3.8, 4) is 0 Å². The van der Waals surface area contributed by atoms with Crippen LogP contribution in [0.4, 0.5) is 0 Å². The average Bonchev–Trinajstić information content (AvgIpc) is 2.65. The fourth-order valence-corrected chi connectivity index (χ4v) is 2.38. The highest BCUT2D eigenvalue weighted by Gasteiger charge is 2.33. The van der Waals surface area contributed by atoms with E-state index < -0.39 is 0 Å². The van der Waals surface area contributed by atoms with Gasteiger partial charge in [0.2, 0.25) is 0 Å². The molecule has 2 unspecified atom stereocenters. The number of ketones is 1. The van der Waals surface area contributed by atoms with Gasteiger partial charge in [0, 0.05) is 25.4 Å². The molecule has 2 atom stereocenters. The monoisotopic (exact) mass is 199 g/mol. The number of rotatable bonds is 2. The summed E-state index contributed by atoms with van der Waals surface area (Å²) in [6.07, 6.45) is 2.33. The third-order valence-corrected chi connectivity index (χ3v) is 3.17.